The minimum absolute atomic E-state index is 0.0380. The molecule has 92 valence electrons. The number of ether oxygens (including phenoxy) is 1. The molecule has 0 fully saturated rings. The Balaban J connectivity index is 2.41. The fourth-order valence-electron chi connectivity index (χ4n) is 2.27. The molecule has 1 atom stereocenters. The van der Waals surface area contributed by atoms with Gasteiger partial charge in [-0.05, 0) is 43.5 Å². The second kappa shape index (κ2) is 4.65. The molecule has 0 saturated carbocycles. The average Bonchev–Trinajstić information content (AvgIpc) is 2.32. The molecular weight excluding hydrogens is 218 g/mol. The van der Waals surface area contributed by atoms with Gasteiger partial charge in [0.05, 0.1) is 12.6 Å². The van der Waals surface area contributed by atoms with E-state index in [4.69, 9.17) is 4.74 Å². The Morgan fingerprint density at radius 3 is 3.00 bits per heavy atom. The van der Waals surface area contributed by atoms with E-state index in [0.29, 0.717) is 18.9 Å². The number of carbonyl (C=O) groups excluding carboxylic acids is 1. The molecule has 1 aromatic carbocycles. The lowest BCUT2D eigenvalue weighted by atomic mass is 9.93. The van der Waals surface area contributed by atoms with Gasteiger partial charge in [-0.3, -0.25) is 4.79 Å². The standard InChI is InChI=1S/C13H17NO3/c1-3-17-13-7-11-9(2)14(8-15)5-4-10(11)6-12(13)16/h6-9,16H,3-5H2,1-2H3. The van der Waals surface area contributed by atoms with Crippen LogP contribution in [-0.4, -0.2) is 29.6 Å². The summed E-state index contributed by atoms with van der Waals surface area (Å²) < 4.78 is 5.36. The van der Waals surface area contributed by atoms with Crippen molar-refractivity contribution in [3.05, 3.63) is 23.3 Å². The molecule has 2 rings (SSSR count). The van der Waals surface area contributed by atoms with Crippen molar-refractivity contribution in [3.63, 3.8) is 0 Å². The highest BCUT2D eigenvalue weighted by molar-refractivity contribution is 5.54. The molecule has 0 saturated heterocycles. The molecule has 0 bridgehead atoms. The van der Waals surface area contributed by atoms with Crippen LogP contribution in [0.25, 0.3) is 0 Å². The van der Waals surface area contributed by atoms with E-state index in [1.54, 1.807) is 11.0 Å². The number of phenols is 1. The summed E-state index contributed by atoms with van der Waals surface area (Å²) >= 11 is 0. The number of fused-ring (bicyclic) bond motifs is 1. The first-order chi connectivity index (χ1) is 8.17. The Kier molecular flexibility index (Phi) is 3.22. The van der Waals surface area contributed by atoms with Crippen molar-refractivity contribution in [1.82, 2.24) is 4.90 Å². The van der Waals surface area contributed by atoms with Crippen LogP contribution in [0.15, 0.2) is 12.1 Å². The second-order valence-electron chi connectivity index (χ2n) is 4.22. The van der Waals surface area contributed by atoms with E-state index in [0.717, 1.165) is 24.0 Å². The van der Waals surface area contributed by atoms with Crippen LogP contribution in [0, 0.1) is 0 Å². The Morgan fingerprint density at radius 2 is 2.35 bits per heavy atom. The summed E-state index contributed by atoms with van der Waals surface area (Å²) in [6.07, 6.45) is 1.65. The summed E-state index contributed by atoms with van der Waals surface area (Å²) in [5, 5.41) is 9.80. The van der Waals surface area contributed by atoms with Crippen LogP contribution in [0.1, 0.15) is 31.0 Å². The van der Waals surface area contributed by atoms with Crippen LogP contribution in [-0.2, 0) is 11.2 Å². The Labute approximate surface area is 101 Å². The van der Waals surface area contributed by atoms with E-state index in [1.807, 2.05) is 19.9 Å². The third kappa shape index (κ3) is 2.07. The predicted octanol–water partition coefficient (Wildman–Crippen LogP) is 1.87. The van der Waals surface area contributed by atoms with E-state index in [9.17, 15) is 9.90 Å². The Bertz CT molecular complexity index is 431. The smallest absolute Gasteiger partial charge is 0.210 e. The number of rotatable bonds is 3. The summed E-state index contributed by atoms with van der Waals surface area (Å²) in [5.41, 5.74) is 2.15. The molecule has 4 nitrogen and oxygen atoms in total. The highest BCUT2D eigenvalue weighted by Gasteiger charge is 2.24. The highest BCUT2D eigenvalue weighted by Crippen LogP contribution is 2.36. The fraction of sp³-hybridized carbons (Fsp3) is 0.462. The topological polar surface area (TPSA) is 49.8 Å². The zero-order chi connectivity index (χ0) is 12.4. The third-order valence-electron chi connectivity index (χ3n) is 3.24. The zero-order valence-electron chi connectivity index (χ0n) is 10.1. The molecule has 0 aliphatic carbocycles. The summed E-state index contributed by atoms with van der Waals surface area (Å²) in [5.74, 6) is 0.670. The molecule has 1 unspecified atom stereocenters. The van der Waals surface area contributed by atoms with Crippen LogP contribution in [0.2, 0.25) is 0 Å². The van der Waals surface area contributed by atoms with Gasteiger partial charge in [0.2, 0.25) is 6.41 Å². The molecule has 1 N–H and O–H groups in total. The number of amides is 1. The van der Waals surface area contributed by atoms with Crippen molar-refractivity contribution in [2.24, 2.45) is 0 Å². The van der Waals surface area contributed by atoms with E-state index in [2.05, 4.69) is 0 Å². The number of nitrogens with zero attached hydrogens (tertiary/aromatic N) is 1. The van der Waals surface area contributed by atoms with Gasteiger partial charge in [-0.15, -0.1) is 0 Å². The van der Waals surface area contributed by atoms with Crippen molar-refractivity contribution in [2.75, 3.05) is 13.2 Å². The molecule has 1 heterocycles. The first-order valence-electron chi connectivity index (χ1n) is 5.87. The lowest BCUT2D eigenvalue weighted by Crippen LogP contribution is -2.32. The SMILES string of the molecule is CCOc1cc2c(cc1O)CCN(C=O)C2C. The molecule has 0 spiro atoms. The normalized spacial score (nSPS) is 18.7. The average molecular weight is 235 g/mol. The lowest BCUT2D eigenvalue weighted by molar-refractivity contribution is -0.120. The van der Waals surface area contributed by atoms with Crippen LogP contribution in [0.5, 0.6) is 11.5 Å². The summed E-state index contributed by atoms with van der Waals surface area (Å²) in [6.45, 7) is 5.07. The van der Waals surface area contributed by atoms with Crippen molar-refractivity contribution < 1.29 is 14.6 Å². The number of phenolic OH excluding ortho intramolecular Hbond substituents is 1. The molecule has 4 heteroatoms. The van der Waals surface area contributed by atoms with Gasteiger partial charge in [-0.2, -0.15) is 0 Å². The van der Waals surface area contributed by atoms with E-state index >= 15 is 0 Å². The molecular formula is C13H17NO3. The number of hydrogen-bond acceptors (Lipinski definition) is 3. The summed E-state index contributed by atoms with van der Waals surface area (Å²) in [7, 11) is 0. The quantitative estimate of drug-likeness (QED) is 0.814. The third-order valence-corrected chi connectivity index (χ3v) is 3.24. The van der Waals surface area contributed by atoms with Gasteiger partial charge in [0, 0.05) is 6.54 Å². The van der Waals surface area contributed by atoms with E-state index in [-0.39, 0.29) is 11.8 Å². The number of hydrogen-bond donors (Lipinski definition) is 1. The Morgan fingerprint density at radius 1 is 1.59 bits per heavy atom. The Hall–Kier alpha value is -1.71. The second-order valence-corrected chi connectivity index (χ2v) is 4.22. The lowest BCUT2D eigenvalue weighted by Gasteiger charge is -2.32. The van der Waals surface area contributed by atoms with E-state index < -0.39 is 0 Å². The molecule has 1 aliphatic rings. The van der Waals surface area contributed by atoms with Gasteiger partial charge >= 0.3 is 0 Å². The summed E-state index contributed by atoms with van der Waals surface area (Å²) in [6, 6.07) is 3.63. The molecule has 1 amide bonds. The van der Waals surface area contributed by atoms with Gasteiger partial charge in [-0.1, -0.05) is 0 Å². The maximum absolute atomic E-state index is 10.9. The largest absolute Gasteiger partial charge is 0.504 e. The van der Waals surface area contributed by atoms with Crippen molar-refractivity contribution in [3.8, 4) is 11.5 Å². The predicted molar refractivity (Wildman–Crippen MR) is 64.2 cm³/mol. The maximum atomic E-state index is 10.9. The zero-order valence-corrected chi connectivity index (χ0v) is 10.1. The molecule has 0 radical (unpaired) electrons. The fourth-order valence-corrected chi connectivity index (χ4v) is 2.27. The van der Waals surface area contributed by atoms with Crippen LogP contribution < -0.4 is 4.74 Å². The molecule has 1 aromatic rings. The van der Waals surface area contributed by atoms with Gasteiger partial charge in [0.1, 0.15) is 0 Å². The molecule has 17 heavy (non-hydrogen) atoms. The maximum Gasteiger partial charge on any atom is 0.210 e. The molecule has 0 aromatic heterocycles. The van der Waals surface area contributed by atoms with Crippen molar-refractivity contribution in [2.45, 2.75) is 26.3 Å². The number of carbonyl (C=O) groups is 1. The van der Waals surface area contributed by atoms with Crippen LogP contribution in [0.3, 0.4) is 0 Å². The van der Waals surface area contributed by atoms with Gasteiger partial charge < -0.3 is 14.7 Å². The van der Waals surface area contributed by atoms with Gasteiger partial charge in [0.25, 0.3) is 0 Å². The summed E-state index contributed by atoms with van der Waals surface area (Å²) in [4.78, 5) is 12.7. The van der Waals surface area contributed by atoms with Crippen LogP contribution >= 0.6 is 0 Å². The van der Waals surface area contributed by atoms with Gasteiger partial charge in [-0.25, -0.2) is 0 Å². The van der Waals surface area contributed by atoms with Crippen molar-refractivity contribution in [1.29, 1.82) is 0 Å². The minimum atomic E-state index is 0.0380. The molecule has 1 aliphatic heterocycles. The number of aromatic hydroxyl groups is 1. The van der Waals surface area contributed by atoms with Crippen LogP contribution in [0.4, 0.5) is 0 Å². The van der Waals surface area contributed by atoms with Gasteiger partial charge in [0.15, 0.2) is 11.5 Å². The first kappa shape index (κ1) is 11.8. The highest BCUT2D eigenvalue weighted by atomic mass is 16.5. The first-order valence-corrected chi connectivity index (χ1v) is 5.87. The minimum Gasteiger partial charge on any atom is -0.504 e. The van der Waals surface area contributed by atoms with Crippen molar-refractivity contribution >= 4 is 6.41 Å². The number of benzene rings is 1. The monoisotopic (exact) mass is 235 g/mol. The van der Waals surface area contributed by atoms with E-state index in [1.165, 1.54) is 0 Å².